The number of anilines is 1. The van der Waals surface area contributed by atoms with Crippen LogP contribution in [0.15, 0.2) is 35.2 Å². The summed E-state index contributed by atoms with van der Waals surface area (Å²) in [4.78, 5) is 27.2. The summed E-state index contributed by atoms with van der Waals surface area (Å²) >= 11 is 3.41. The van der Waals surface area contributed by atoms with Gasteiger partial charge in [0.25, 0.3) is 0 Å². The van der Waals surface area contributed by atoms with E-state index in [-0.39, 0.29) is 11.9 Å². The van der Waals surface area contributed by atoms with Gasteiger partial charge < -0.3 is 10.6 Å². The number of nitrogens with two attached hydrogens (primary N) is 1. The second-order valence-corrected chi connectivity index (χ2v) is 9.03. The Kier molecular flexibility index (Phi) is 5.06. The van der Waals surface area contributed by atoms with Gasteiger partial charge in [-0.3, -0.25) is 4.79 Å². The fourth-order valence-electron chi connectivity index (χ4n) is 3.52. The largest absolute Gasteiger partial charge is 0.368 e. The van der Waals surface area contributed by atoms with Gasteiger partial charge in [-0.25, -0.2) is 9.97 Å². The van der Waals surface area contributed by atoms with Crippen molar-refractivity contribution in [1.82, 2.24) is 9.97 Å². The standard InChI is InChI=1S/C20H22N4OS2/c1-12-13(2)27-20-17(12)19(24-10-6-9-15(24)18(21)25)22-16(23-20)11-26-14-7-4-3-5-8-14/h3-5,7-8,15H,6,9-11H2,1-2H3,(H2,21,25)/t15-/m1/s1. The molecule has 1 aliphatic rings. The molecule has 7 heteroatoms. The van der Waals surface area contributed by atoms with Crippen molar-refractivity contribution < 1.29 is 4.79 Å². The minimum atomic E-state index is -0.280. The molecule has 2 aromatic heterocycles. The van der Waals surface area contributed by atoms with Gasteiger partial charge in [-0.15, -0.1) is 23.1 Å². The zero-order valence-electron chi connectivity index (χ0n) is 15.4. The summed E-state index contributed by atoms with van der Waals surface area (Å²) in [6.45, 7) is 5.02. The van der Waals surface area contributed by atoms with E-state index in [1.807, 2.05) is 18.2 Å². The number of aryl methyl sites for hydroxylation is 2. The van der Waals surface area contributed by atoms with Gasteiger partial charge >= 0.3 is 0 Å². The van der Waals surface area contributed by atoms with Crippen molar-refractivity contribution >= 4 is 45.0 Å². The van der Waals surface area contributed by atoms with Gasteiger partial charge in [-0.1, -0.05) is 18.2 Å². The third-order valence-corrected chi connectivity index (χ3v) is 7.13. The predicted molar refractivity (Wildman–Crippen MR) is 112 cm³/mol. The number of carbonyl (C=O) groups is 1. The highest BCUT2D eigenvalue weighted by Gasteiger charge is 2.32. The van der Waals surface area contributed by atoms with Crippen LogP contribution < -0.4 is 10.6 Å². The first-order valence-electron chi connectivity index (χ1n) is 9.05. The Morgan fingerprint density at radius 1 is 1.30 bits per heavy atom. The number of thioether (sulfide) groups is 1. The minimum absolute atomic E-state index is 0.274. The molecule has 5 nitrogen and oxygen atoms in total. The lowest BCUT2D eigenvalue weighted by atomic mass is 10.1. The highest BCUT2D eigenvalue weighted by Crippen LogP contribution is 2.38. The van der Waals surface area contributed by atoms with Crippen LogP contribution in [-0.4, -0.2) is 28.5 Å². The fourth-order valence-corrected chi connectivity index (χ4v) is 5.34. The minimum Gasteiger partial charge on any atom is -0.368 e. The number of carbonyl (C=O) groups excluding carboxylic acids is 1. The lowest BCUT2D eigenvalue weighted by molar-refractivity contribution is -0.119. The molecule has 0 spiro atoms. The van der Waals surface area contributed by atoms with Gasteiger partial charge in [-0.2, -0.15) is 0 Å². The van der Waals surface area contributed by atoms with E-state index in [4.69, 9.17) is 15.7 Å². The van der Waals surface area contributed by atoms with Crippen LogP contribution in [0.2, 0.25) is 0 Å². The number of amides is 1. The van der Waals surface area contributed by atoms with Crippen molar-refractivity contribution in [3.05, 3.63) is 46.6 Å². The average Bonchev–Trinajstić information content (AvgIpc) is 3.26. The summed E-state index contributed by atoms with van der Waals surface area (Å²) in [6.07, 6.45) is 1.74. The van der Waals surface area contributed by atoms with Crippen molar-refractivity contribution in [3.63, 3.8) is 0 Å². The van der Waals surface area contributed by atoms with Gasteiger partial charge in [0.1, 0.15) is 22.5 Å². The third kappa shape index (κ3) is 3.53. The number of aromatic nitrogens is 2. The maximum atomic E-state index is 11.9. The fraction of sp³-hybridized carbons (Fsp3) is 0.350. The Labute approximate surface area is 167 Å². The summed E-state index contributed by atoms with van der Waals surface area (Å²) in [5.74, 6) is 2.08. The second-order valence-electron chi connectivity index (χ2n) is 6.78. The Hall–Kier alpha value is -2.12. The molecule has 1 saturated heterocycles. The molecule has 0 bridgehead atoms. The van der Waals surface area contributed by atoms with Gasteiger partial charge in [0.2, 0.25) is 5.91 Å². The van der Waals surface area contributed by atoms with Crippen molar-refractivity contribution in [3.8, 4) is 0 Å². The lowest BCUT2D eigenvalue weighted by Gasteiger charge is -2.24. The molecule has 3 aromatic rings. The summed E-state index contributed by atoms with van der Waals surface area (Å²) < 4.78 is 0. The van der Waals surface area contributed by atoms with Crippen LogP contribution in [0.25, 0.3) is 10.2 Å². The molecule has 1 aliphatic heterocycles. The van der Waals surface area contributed by atoms with Gasteiger partial charge in [0.15, 0.2) is 0 Å². The van der Waals surface area contributed by atoms with E-state index in [1.165, 1.54) is 15.3 Å². The highest BCUT2D eigenvalue weighted by atomic mass is 32.2. The van der Waals surface area contributed by atoms with Crippen LogP contribution in [0.5, 0.6) is 0 Å². The first-order chi connectivity index (χ1) is 13.0. The van der Waals surface area contributed by atoms with Crippen molar-refractivity contribution in [1.29, 1.82) is 0 Å². The number of hydrogen-bond acceptors (Lipinski definition) is 6. The van der Waals surface area contributed by atoms with Crippen LogP contribution in [0.4, 0.5) is 5.82 Å². The Balaban J connectivity index is 1.75. The Morgan fingerprint density at radius 3 is 2.81 bits per heavy atom. The first-order valence-corrected chi connectivity index (χ1v) is 10.8. The molecule has 1 fully saturated rings. The number of hydrogen-bond donors (Lipinski definition) is 1. The van der Waals surface area contributed by atoms with Crippen LogP contribution in [0.1, 0.15) is 29.1 Å². The number of rotatable bonds is 5. The molecule has 1 amide bonds. The van der Waals surface area contributed by atoms with Gasteiger partial charge in [0.05, 0.1) is 11.1 Å². The maximum Gasteiger partial charge on any atom is 0.240 e. The van der Waals surface area contributed by atoms with Gasteiger partial charge in [0, 0.05) is 16.3 Å². The van der Waals surface area contributed by atoms with Crippen LogP contribution in [-0.2, 0) is 10.5 Å². The predicted octanol–water partition coefficient (Wildman–Crippen LogP) is 4.05. The number of fused-ring (bicyclic) bond motifs is 1. The normalized spacial score (nSPS) is 17.0. The second kappa shape index (κ2) is 7.48. The summed E-state index contributed by atoms with van der Waals surface area (Å²) in [5, 5.41) is 1.07. The zero-order chi connectivity index (χ0) is 19.0. The number of primary amides is 1. The van der Waals surface area contributed by atoms with E-state index >= 15 is 0 Å². The van der Waals surface area contributed by atoms with E-state index in [9.17, 15) is 4.79 Å². The molecule has 140 valence electrons. The molecule has 0 saturated carbocycles. The van der Waals surface area contributed by atoms with Crippen LogP contribution in [0.3, 0.4) is 0 Å². The molecule has 4 rings (SSSR count). The van der Waals surface area contributed by atoms with E-state index in [0.717, 1.165) is 41.2 Å². The van der Waals surface area contributed by atoms with Crippen molar-refractivity contribution in [2.75, 3.05) is 11.4 Å². The summed E-state index contributed by atoms with van der Waals surface area (Å²) in [7, 11) is 0. The highest BCUT2D eigenvalue weighted by molar-refractivity contribution is 7.98. The van der Waals surface area contributed by atoms with Crippen LogP contribution in [0, 0.1) is 13.8 Å². The average molecular weight is 399 g/mol. The number of nitrogens with zero attached hydrogens (tertiary/aromatic N) is 3. The smallest absolute Gasteiger partial charge is 0.240 e. The molecule has 0 unspecified atom stereocenters. The zero-order valence-corrected chi connectivity index (χ0v) is 17.1. The number of benzene rings is 1. The molecular weight excluding hydrogens is 376 g/mol. The van der Waals surface area contributed by atoms with E-state index in [0.29, 0.717) is 5.75 Å². The molecule has 1 aromatic carbocycles. The molecule has 0 radical (unpaired) electrons. The SMILES string of the molecule is Cc1sc2nc(CSc3ccccc3)nc(N3CCC[C@@H]3C(N)=O)c2c1C. The lowest BCUT2D eigenvalue weighted by Crippen LogP contribution is -2.41. The quantitative estimate of drug-likeness (QED) is 0.656. The summed E-state index contributed by atoms with van der Waals surface area (Å²) in [6, 6.07) is 9.98. The molecular formula is C20H22N4OS2. The summed E-state index contributed by atoms with van der Waals surface area (Å²) in [5.41, 5.74) is 6.86. The Bertz CT molecular complexity index is 987. The molecule has 3 heterocycles. The van der Waals surface area contributed by atoms with E-state index in [1.54, 1.807) is 23.1 Å². The van der Waals surface area contributed by atoms with Crippen molar-refractivity contribution in [2.24, 2.45) is 5.73 Å². The topological polar surface area (TPSA) is 72.1 Å². The third-order valence-electron chi connectivity index (χ3n) is 5.02. The first kappa shape index (κ1) is 18.3. The van der Waals surface area contributed by atoms with Crippen LogP contribution >= 0.6 is 23.1 Å². The Morgan fingerprint density at radius 2 is 2.07 bits per heavy atom. The molecule has 2 N–H and O–H groups in total. The monoisotopic (exact) mass is 398 g/mol. The maximum absolute atomic E-state index is 11.9. The number of thiophene rings is 1. The van der Waals surface area contributed by atoms with Crippen molar-refractivity contribution in [2.45, 2.75) is 43.4 Å². The molecule has 1 atom stereocenters. The molecule has 0 aliphatic carbocycles. The van der Waals surface area contributed by atoms with E-state index in [2.05, 4.69) is 30.9 Å². The van der Waals surface area contributed by atoms with Gasteiger partial charge in [-0.05, 0) is 44.4 Å². The molecule has 27 heavy (non-hydrogen) atoms. The van der Waals surface area contributed by atoms with E-state index < -0.39 is 0 Å².